The lowest BCUT2D eigenvalue weighted by atomic mass is 9.55. The fraction of sp³-hybridized carbons (Fsp3) is 0.463. The quantitative estimate of drug-likeness (QED) is 0.0385. The molecule has 11 nitrogen and oxygen atoms in total. The van der Waals surface area contributed by atoms with E-state index < -0.39 is 23.3 Å². The van der Waals surface area contributed by atoms with Crippen LogP contribution in [0.25, 0.3) is 10.8 Å². The van der Waals surface area contributed by atoms with Crippen LogP contribution in [0.4, 0.5) is 0 Å². The minimum absolute atomic E-state index is 0.0374. The van der Waals surface area contributed by atoms with Crippen LogP contribution in [0, 0.1) is 23.7 Å². The number of aliphatic hydroxyl groups is 2. The Morgan fingerprint density at radius 2 is 1.69 bits per heavy atom. The molecule has 3 aliphatic carbocycles. The minimum Gasteiger partial charge on any atom is -0.496 e. The van der Waals surface area contributed by atoms with Crippen molar-refractivity contribution >= 4 is 28.7 Å². The summed E-state index contributed by atoms with van der Waals surface area (Å²) >= 11 is 0. The first kappa shape index (κ1) is 46.1. The number of fused-ring (bicyclic) bond motifs is 3. The van der Waals surface area contributed by atoms with E-state index in [1.807, 2.05) is 56.0 Å². The number of benzene rings is 4. The third kappa shape index (κ3) is 9.74. The molecule has 0 spiro atoms. The summed E-state index contributed by atoms with van der Waals surface area (Å²) in [5.74, 6) is 0.0978. The number of aliphatic hydroxyl groups excluding tert-OH is 2. The lowest BCUT2D eigenvalue weighted by molar-refractivity contribution is -0.258. The molecule has 0 bridgehead atoms. The Labute approximate surface area is 383 Å². The Kier molecular flexibility index (Phi) is 14.1. The molecule has 0 aromatic heterocycles. The van der Waals surface area contributed by atoms with Crippen LogP contribution in [0.3, 0.4) is 0 Å². The van der Waals surface area contributed by atoms with Gasteiger partial charge in [-0.05, 0) is 129 Å². The third-order valence-electron chi connectivity index (χ3n) is 13.4. The van der Waals surface area contributed by atoms with Crippen LogP contribution < -0.4 is 14.2 Å². The summed E-state index contributed by atoms with van der Waals surface area (Å²) in [7, 11) is 1.53. The van der Waals surface area contributed by atoms with Crippen molar-refractivity contribution < 1.29 is 43.6 Å². The molecule has 11 heteroatoms. The average molecular weight is 885 g/mol. The summed E-state index contributed by atoms with van der Waals surface area (Å²) in [6.45, 7) is 10.7. The van der Waals surface area contributed by atoms with E-state index in [9.17, 15) is 15.0 Å². The number of nitrogens with zero attached hydrogens (tertiary/aromatic N) is 2. The van der Waals surface area contributed by atoms with Gasteiger partial charge in [0.15, 0.2) is 6.29 Å². The van der Waals surface area contributed by atoms with Crippen LogP contribution in [0.1, 0.15) is 106 Å². The topological polar surface area (TPSA) is 136 Å². The van der Waals surface area contributed by atoms with Crippen molar-refractivity contribution in [1.29, 1.82) is 0 Å². The highest BCUT2D eigenvalue weighted by molar-refractivity contribution is 6.03. The van der Waals surface area contributed by atoms with E-state index in [0.29, 0.717) is 54.4 Å². The summed E-state index contributed by atoms with van der Waals surface area (Å²) in [6.07, 6.45) is 11.4. The second-order valence-electron chi connectivity index (χ2n) is 19.0. The molecule has 4 aliphatic rings. The van der Waals surface area contributed by atoms with E-state index in [1.54, 1.807) is 24.3 Å². The van der Waals surface area contributed by atoms with Crippen molar-refractivity contribution in [3.05, 3.63) is 120 Å². The fourth-order valence-corrected chi connectivity index (χ4v) is 10.4. The van der Waals surface area contributed by atoms with Gasteiger partial charge in [-0.3, -0.25) is 9.59 Å². The molecule has 1 heterocycles. The highest BCUT2D eigenvalue weighted by Gasteiger charge is 2.66. The maximum Gasteiger partial charge on any atom is 0.239 e. The molecule has 6 atom stereocenters. The number of methoxy groups -OCH3 is 1. The largest absolute Gasteiger partial charge is 0.496 e. The second-order valence-corrected chi connectivity index (χ2v) is 19.0. The van der Waals surface area contributed by atoms with Crippen molar-refractivity contribution in [3.8, 4) is 23.0 Å². The van der Waals surface area contributed by atoms with Crippen molar-refractivity contribution in [2.24, 2.45) is 28.8 Å². The predicted molar refractivity (Wildman–Crippen MR) is 251 cm³/mol. The average Bonchev–Trinajstić information content (AvgIpc) is 4.16. The maximum atomic E-state index is 15.1. The number of aldehydes is 1. The van der Waals surface area contributed by atoms with Crippen molar-refractivity contribution in [2.75, 3.05) is 26.9 Å². The molecule has 1 aliphatic heterocycles. The monoisotopic (exact) mass is 884 g/mol. The molecule has 65 heavy (non-hydrogen) atoms. The van der Waals surface area contributed by atoms with Gasteiger partial charge in [0.2, 0.25) is 11.7 Å². The van der Waals surface area contributed by atoms with E-state index >= 15 is 4.79 Å². The first-order chi connectivity index (χ1) is 31.5. The summed E-state index contributed by atoms with van der Waals surface area (Å²) in [5.41, 5.74) is 3.47. The number of rotatable bonds is 20. The lowest BCUT2D eigenvalue weighted by Gasteiger charge is -2.60. The minimum atomic E-state index is -1.39. The molecule has 2 saturated carbocycles. The number of amides is 1. The predicted octanol–water partition coefficient (Wildman–Crippen LogP) is 10.3. The van der Waals surface area contributed by atoms with Crippen LogP contribution in [0.2, 0.25) is 0 Å². The molecule has 2 N–H and O–H groups in total. The summed E-state index contributed by atoms with van der Waals surface area (Å²) in [6, 6.07) is 24.9. The van der Waals surface area contributed by atoms with Gasteiger partial charge in [0, 0.05) is 43.6 Å². The molecular formula is C54H64N2O9. The Bertz CT molecular complexity index is 2410. The number of carbonyl (C=O) groups excluding carboxylic acids is 2. The number of unbranched alkanes of at least 4 members (excludes halogenated alkanes) is 2. The van der Waals surface area contributed by atoms with Crippen LogP contribution in [0.15, 0.2) is 108 Å². The Morgan fingerprint density at radius 1 is 0.954 bits per heavy atom. The smallest absolute Gasteiger partial charge is 0.239 e. The van der Waals surface area contributed by atoms with Gasteiger partial charge < -0.3 is 38.9 Å². The van der Waals surface area contributed by atoms with E-state index in [4.69, 9.17) is 28.9 Å². The Balaban J connectivity index is 1.35. The van der Waals surface area contributed by atoms with Crippen LogP contribution in [-0.2, 0) is 20.9 Å². The van der Waals surface area contributed by atoms with Gasteiger partial charge in [-0.15, -0.1) is 6.58 Å². The van der Waals surface area contributed by atoms with Gasteiger partial charge in [0.25, 0.3) is 0 Å². The first-order valence-corrected chi connectivity index (χ1v) is 23.4. The normalized spacial score (nSPS) is 24.0. The van der Waals surface area contributed by atoms with Crippen molar-refractivity contribution in [2.45, 2.75) is 108 Å². The van der Waals surface area contributed by atoms with E-state index in [-0.39, 0.29) is 49.4 Å². The van der Waals surface area contributed by atoms with Gasteiger partial charge in [0.1, 0.15) is 34.6 Å². The number of oxime groups is 1. The number of hydrogen-bond acceptors (Lipinski definition) is 10. The van der Waals surface area contributed by atoms with Crippen LogP contribution in [-0.4, -0.2) is 77.4 Å². The van der Waals surface area contributed by atoms with E-state index in [0.717, 1.165) is 78.0 Å². The Hall–Kier alpha value is -5.49. The summed E-state index contributed by atoms with van der Waals surface area (Å²) < 4.78 is 26.7. The highest BCUT2D eigenvalue weighted by Crippen LogP contribution is 2.62. The Morgan fingerprint density at radius 3 is 2.42 bits per heavy atom. The SMILES string of the molecule is C=CCOC12Oc3ccc(Oc4ccc(OC)c(C=O)c4)cc3C3C(CCCCO)C(CCCCO)C=C(C(=NOC(C)(C)C)CC1N(Cc1cccc4ccccc14)C(=O)C1CC1)C32. The molecule has 1 amide bonds. The molecule has 4 aromatic carbocycles. The molecule has 0 radical (unpaired) electrons. The van der Waals surface area contributed by atoms with E-state index in [1.165, 1.54) is 7.11 Å². The second kappa shape index (κ2) is 19.9. The summed E-state index contributed by atoms with van der Waals surface area (Å²) in [5, 5.41) is 27.2. The number of ether oxygens (including phenoxy) is 4. The standard InChI is InChI=1S/C54H64N2O9/c1-6-28-62-54-49(56(52(60)36-20-21-36)33-38-17-13-16-35-14-7-8-18-42(35)38)32-46(55-65-53(2,3)4)44-30-37(15-9-11-26-57)43(19-10-12-27-58)50(51(44)54)45-31-41(23-25-48(45)64-54)63-40-22-24-47(61-5)39(29-40)34-59/h6-8,13-14,16-18,22-25,29-31,34,36-37,43,49-51,57-58H,1,9-12,15,19-21,26-28,32-33H2,2-5H3. The van der Waals surface area contributed by atoms with Crippen molar-refractivity contribution in [1.82, 2.24) is 4.90 Å². The highest BCUT2D eigenvalue weighted by atomic mass is 16.7. The molecular weight excluding hydrogens is 821 g/mol. The molecule has 344 valence electrons. The molecule has 4 aromatic rings. The zero-order valence-corrected chi connectivity index (χ0v) is 38.2. The first-order valence-electron chi connectivity index (χ1n) is 23.4. The lowest BCUT2D eigenvalue weighted by Crippen LogP contribution is -2.70. The summed E-state index contributed by atoms with van der Waals surface area (Å²) in [4.78, 5) is 35.5. The van der Waals surface area contributed by atoms with Gasteiger partial charge in [-0.25, -0.2) is 0 Å². The van der Waals surface area contributed by atoms with Gasteiger partial charge in [-0.1, -0.05) is 72.6 Å². The van der Waals surface area contributed by atoms with E-state index in [2.05, 4.69) is 43.0 Å². The van der Waals surface area contributed by atoms with Crippen LogP contribution >= 0.6 is 0 Å². The maximum absolute atomic E-state index is 15.1. The third-order valence-corrected chi connectivity index (χ3v) is 13.4. The number of hydrogen-bond donors (Lipinski definition) is 2. The number of carbonyl (C=O) groups is 2. The zero-order valence-electron chi connectivity index (χ0n) is 38.2. The van der Waals surface area contributed by atoms with Crippen LogP contribution in [0.5, 0.6) is 23.0 Å². The number of allylic oxidation sites excluding steroid dienone is 1. The zero-order chi connectivity index (χ0) is 45.7. The van der Waals surface area contributed by atoms with Gasteiger partial charge in [-0.2, -0.15) is 0 Å². The van der Waals surface area contributed by atoms with Crippen molar-refractivity contribution in [3.63, 3.8) is 0 Å². The fourth-order valence-electron chi connectivity index (χ4n) is 10.4. The molecule has 0 saturated heterocycles. The molecule has 2 fully saturated rings. The van der Waals surface area contributed by atoms with Gasteiger partial charge in [0.05, 0.1) is 30.9 Å². The molecule has 8 rings (SSSR count). The molecule has 6 unspecified atom stereocenters. The van der Waals surface area contributed by atoms with Gasteiger partial charge >= 0.3 is 0 Å².